The van der Waals surface area contributed by atoms with Crippen molar-refractivity contribution in [2.45, 2.75) is 57.4 Å². The Bertz CT molecular complexity index is 732. The molecule has 2 rings (SSSR count). The number of carbonyl (C=O) groups is 1. The molecule has 5 heteroatoms. The van der Waals surface area contributed by atoms with Crippen LogP contribution in [0.15, 0.2) is 47.4 Å². The van der Waals surface area contributed by atoms with Gasteiger partial charge in [-0.1, -0.05) is 38.1 Å². The average molecular weight is 387 g/mol. The zero-order valence-electron chi connectivity index (χ0n) is 16.7. The topological polar surface area (TPSA) is 50.4 Å². The number of rotatable bonds is 9. The first kappa shape index (κ1) is 21.3. The number of amides is 2. The van der Waals surface area contributed by atoms with E-state index in [0.29, 0.717) is 25.0 Å². The van der Waals surface area contributed by atoms with Crippen LogP contribution in [0.5, 0.6) is 0 Å². The molecule has 0 saturated heterocycles. The van der Waals surface area contributed by atoms with Crippen molar-refractivity contribution in [3.05, 3.63) is 59.2 Å². The molecule has 0 bridgehead atoms. The molecule has 0 aliphatic rings. The Balaban J connectivity index is 1.84. The molecular weight excluding hydrogens is 356 g/mol. The fraction of sp³-hybridized carbons (Fsp3) is 0.409. The van der Waals surface area contributed by atoms with Gasteiger partial charge in [0.2, 0.25) is 0 Å². The number of hydrogen-bond acceptors (Lipinski definition) is 3. The van der Waals surface area contributed by atoms with E-state index in [0.717, 1.165) is 28.8 Å². The minimum Gasteiger partial charge on any atom is -0.377 e. The third-order valence-corrected chi connectivity index (χ3v) is 5.57. The maximum absolute atomic E-state index is 12.2. The molecule has 1 atom stereocenters. The van der Waals surface area contributed by atoms with Crippen molar-refractivity contribution in [1.82, 2.24) is 5.32 Å². The molecule has 0 radical (unpaired) electrons. The summed E-state index contributed by atoms with van der Waals surface area (Å²) in [5, 5.41) is 6.43. The lowest BCUT2D eigenvalue weighted by Gasteiger charge is -2.13. The van der Waals surface area contributed by atoms with Crippen LogP contribution in [0.1, 0.15) is 43.9 Å². The van der Waals surface area contributed by atoms with E-state index in [1.165, 1.54) is 4.90 Å². The Kier molecular flexibility index (Phi) is 8.69. The van der Waals surface area contributed by atoms with E-state index in [1.54, 1.807) is 0 Å². The molecule has 0 aliphatic carbocycles. The van der Waals surface area contributed by atoms with E-state index in [2.05, 4.69) is 36.6 Å². The highest BCUT2D eigenvalue weighted by atomic mass is 32.2. The molecule has 0 fully saturated rings. The van der Waals surface area contributed by atoms with Gasteiger partial charge < -0.3 is 15.4 Å². The summed E-state index contributed by atoms with van der Waals surface area (Å²) in [6.45, 7) is 10.2. The Labute approximate surface area is 167 Å². The largest absolute Gasteiger partial charge is 0.377 e. The highest BCUT2D eigenvalue weighted by molar-refractivity contribution is 7.99. The quantitative estimate of drug-likeness (QED) is 0.540. The van der Waals surface area contributed by atoms with Gasteiger partial charge in [-0.15, -0.1) is 11.8 Å². The van der Waals surface area contributed by atoms with Crippen LogP contribution < -0.4 is 10.6 Å². The van der Waals surface area contributed by atoms with E-state index in [1.807, 2.05) is 55.9 Å². The van der Waals surface area contributed by atoms with Crippen molar-refractivity contribution in [2.75, 3.05) is 11.9 Å². The van der Waals surface area contributed by atoms with Crippen molar-refractivity contribution in [3.63, 3.8) is 0 Å². The van der Waals surface area contributed by atoms with Crippen LogP contribution in [0.2, 0.25) is 0 Å². The summed E-state index contributed by atoms with van der Waals surface area (Å²) in [6.07, 6.45) is 1.14. The SMILES string of the molecule is CCOCc1ccc(CNC(=O)Nc2ccc(SC(C)CC)cc2C)cc1. The van der Waals surface area contributed by atoms with E-state index < -0.39 is 0 Å². The Hall–Kier alpha value is -1.98. The lowest BCUT2D eigenvalue weighted by molar-refractivity contribution is 0.134. The maximum atomic E-state index is 12.2. The van der Waals surface area contributed by atoms with Crippen LogP contribution in [0.4, 0.5) is 10.5 Å². The first-order chi connectivity index (χ1) is 13.0. The van der Waals surface area contributed by atoms with Gasteiger partial charge in [-0.3, -0.25) is 0 Å². The third kappa shape index (κ3) is 7.27. The van der Waals surface area contributed by atoms with E-state index >= 15 is 0 Å². The van der Waals surface area contributed by atoms with Crippen molar-refractivity contribution >= 4 is 23.5 Å². The molecule has 146 valence electrons. The van der Waals surface area contributed by atoms with Crippen LogP contribution in [0.3, 0.4) is 0 Å². The Morgan fingerprint density at radius 2 is 1.81 bits per heavy atom. The molecule has 0 heterocycles. The van der Waals surface area contributed by atoms with Crippen LogP contribution in [0.25, 0.3) is 0 Å². The predicted octanol–water partition coefficient (Wildman–Crippen LogP) is 5.74. The first-order valence-corrected chi connectivity index (χ1v) is 10.4. The molecule has 0 spiro atoms. The molecule has 2 aromatic carbocycles. The smallest absolute Gasteiger partial charge is 0.319 e. The molecule has 0 aromatic heterocycles. The maximum Gasteiger partial charge on any atom is 0.319 e. The van der Waals surface area contributed by atoms with Crippen molar-refractivity contribution < 1.29 is 9.53 Å². The minimum absolute atomic E-state index is 0.196. The second kappa shape index (κ2) is 11.0. The standard InChI is InChI=1S/C22H30N2O2S/c1-5-17(4)27-20-11-12-21(16(3)13-20)24-22(25)23-14-18-7-9-19(10-8-18)15-26-6-2/h7-13,17H,5-6,14-15H2,1-4H3,(H2,23,24,25). The van der Waals surface area contributed by atoms with Crippen LogP contribution in [-0.2, 0) is 17.9 Å². The van der Waals surface area contributed by atoms with Crippen molar-refractivity contribution in [2.24, 2.45) is 0 Å². The van der Waals surface area contributed by atoms with Gasteiger partial charge in [0, 0.05) is 29.0 Å². The zero-order valence-corrected chi connectivity index (χ0v) is 17.5. The number of nitrogens with one attached hydrogen (secondary N) is 2. The number of aryl methyl sites for hydroxylation is 1. The first-order valence-electron chi connectivity index (χ1n) is 9.49. The van der Waals surface area contributed by atoms with E-state index in [-0.39, 0.29) is 6.03 Å². The highest BCUT2D eigenvalue weighted by Gasteiger charge is 2.07. The van der Waals surface area contributed by atoms with Gasteiger partial charge in [-0.05, 0) is 55.2 Å². The van der Waals surface area contributed by atoms with E-state index in [9.17, 15) is 4.79 Å². The van der Waals surface area contributed by atoms with Crippen LogP contribution in [-0.4, -0.2) is 17.9 Å². The van der Waals surface area contributed by atoms with E-state index in [4.69, 9.17) is 4.74 Å². The lowest BCUT2D eigenvalue weighted by atomic mass is 10.1. The van der Waals surface area contributed by atoms with Gasteiger partial charge >= 0.3 is 6.03 Å². The van der Waals surface area contributed by atoms with Crippen molar-refractivity contribution in [1.29, 1.82) is 0 Å². The molecule has 0 saturated carbocycles. The second-order valence-corrected chi connectivity index (χ2v) is 8.09. The van der Waals surface area contributed by atoms with Gasteiger partial charge in [-0.25, -0.2) is 4.79 Å². The van der Waals surface area contributed by atoms with Gasteiger partial charge in [-0.2, -0.15) is 0 Å². The molecule has 0 aliphatic heterocycles. The van der Waals surface area contributed by atoms with Crippen LogP contribution >= 0.6 is 11.8 Å². The average Bonchev–Trinajstić information content (AvgIpc) is 2.67. The number of urea groups is 1. The van der Waals surface area contributed by atoms with Crippen LogP contribution in [0, 0.1) is 6.92 Å². The van der Waals surface area contributed by atoms with Gasteiger partial charge in [0.05, 0.1) is 6.61 Å². The molecular formula is C22H30N2O2S. The Morgan fingerprint density at radius 1 is 1.11 bits per heavy atom. The zero-order chi connectivity index (χ0) is 19.6. The Morgan fingerprint density at radius 3 is 2.44 bits per heavy atom. The summed E-state index contributed by atoms with van der Waals surface area (Å²) < 4.78 is 5.39. The molecule has 27 heavy (non-hydrogen) atoms. The number of carbonyl (C=O) groups excluding carboxylic acids is 1. The summed E-state index contributed by atoms with van der Waals surface area (Å²) >= 11 is 1.86. The fourth-order valence-corrected chi connectivity index (χ4v) is 3.51. The van der Waals surface area contributed by atoms with Gasteiger partial charge in [0.15, 0.2) is 0 Å². The number of anilines is 1. The summed E-state index contributed by atoms with van der Waals surface area (Å²) in [5.41, 5.74) is 4.10. The van der Waals surface area contributed by atoms with Gasteiger partial charge in [0.1, 0.15) is 0 Å². The summed E-state index contributed by atoms with van der Waals surface area (Å²) in [4.78, 5) is 13.4. The predicted molar refractivity (Wildman–Crippen MR) is 114 cm³/mol. The lowest BCUT2D eigenvalue weighted by Crippen LogP contribution is -2.28. The molecule has 4 nitrogen and oxygen atoms in total. The number of ether oxygens (including phenoxy) is 1. The highest BCUT2D eigenvalue weighted by Crippen LogP contribution is 2.28. The number of thioether (sulfide) groups is 1. The minimum atomic E-state index is -0.196. The number of benzene rings is 2. The summed E-state index contributed by atoms with van der Waals surface area (Å²) in [5.74, 6) is 0. The third-order valence-electron chi connectivity index (χ3n) is 4.31. The van der Waals surface area contributed by atoms with Gasteiger partial charge in [0.25, 0.3) is 0 Å². The number of hydrogen-bond donors (Lipinski definition) is 2. The fourth-order valence-electron chi connectivity index (χ4n) is 2.49. The summed E-state index contributed by atoms with van der Waals surface area (Å²) in [7, 11) is 0. The molecule has 1 unspecified atom stereocenters. The molecule has 2 amide bonds. The monoisotopic (exact) mass is 386 g/mol. The van der Waals surface area contributed by atoms with Crippen molar-refractivity contribution in [3.8, 4) is 0 Å². The second-order valence-electron chi connectivity index (χ2n) is 6.57. The summed E-state index contributed by atoms with van der Waals surface area (Å²) in [6, 6.07) is 14.1. The molecule has 2 aromatic rings. The molecule has 2 N–H and O–H groups in total. The normalized spacial score (nSPS) is 11.9.